The molecule has 1 N–H and O–H groups in total. The first kappa shape index (κ1) is 34.4. The highest BCUT2D eigenvalue weighted by molar-refractivity contribution is 5.69. The van der Waals surface area contributed by atoms with Gasteiger partial charge in [-0.15, -0.1) is 0 Å². The number of allylic oxidation sites excluding steroid dienone is 3. The van der Waals surface area contributed by atoms with Crippen molar-refractivity contribution in [3.8, 4) is 0 Å². The summed E-state index contributed by atoms with van der Waals surface area (Å²) in [6.07, 6.45) is 33.3. The second-order valence-corrected chi connectivity index (χ2v) is 10.3. The number of carbonyl (C=O) groups is 2. The van der Waals surface area contributed by atoms with Gasteiger partial charge in [0, 0.05) is 12.8 Å². The van der Waals surface area contributed by atoms with Gasteiger partial charge in [-0.2, -0.15) is 0 Å². The van der Waals surface area contributed by atoms with Crippen LogP contribution in [0.4, 0.5) is 0 Å². The molecule has 210 valence electrons. The van der Waals surface area contributed by atoms with E-state index in [1.54, 1.807) is 0 Å². The van der Waals surface area contributed by atoms with Crippen LogP contribution in [0.3, 0.4) is 0 Å². The van der Waals surface area contributed by atoms with Gasteiger partial charge in [0.1, 0.15) is 6.10 Å². The van der Waals surface area contributed by atoms with Gasteiger partial charge in [-0.3, -0.25) is 9.59 Å². The lowest BCUT2D eigenvalue weighted by molar-refractivity contribution is -0.147. The lowest BCUT2D eigenvalue weighted by Crippen LogP contribution is -2.16. The molecule has 0 fully saturated rings. The Hall–Kier alpha value is -1.58. The zero-order valence-corrected chi connectivity index (χ0v) is 23.8. The molecule has 0 aliphatic heterocycles. The van der Waals surface area contributed by atoms with E-state index in [1.807, 2.05) is 0 Å². The number of carboxylic acids is 1. The first-order valence-electron chi connectivity index (χ1n) is 15.3. The molecule has 0 rings (SSSR count). The van der Waals surface area contributed by atoms with E-state index in [4.69, 9.17) is 9.84 Å². The van der Waals surface area contributed by atoms with Gasteiger partial charge in [0.2, 0.25) is 0 Å². The van der Waals surface area contributed by atoms with Gasteiger partial charge in [-0.05, 0) is 63.9 Å². The number of carbonyl (C=O) groups excluding carboxylic acids is 1. The van der Waals surface area contributed by atoms with Crippen LogP contribution in [0.15, 0.2) is 24.3 Å². The molecule has 0 aromatic carbocycles. The number of hydrogen-bond donors (Lipinski definition) is 1. The van der Waals surface area contributed by atoms with Crippen molar-refractivity contribution in [2.45, 2.75) is 168 Å². The predicted molar refractivity (Wildman–Crippen MR) is 153 cm³/mol. The molecular weight excluding hydrogens is 448 g/mol. The van der Waals surface area contributed by atoms with E-state index in [2.05, 4.69) is 38.2 Å². The maximum atomic E-state index is 12.4. The Kier molecular flexibility index (Phi) is 26.8. The van der Waals surface area contributed by atoms with Crippen molar-refractivity contribution in [3.63, 3.8) is 0 Å². The zero-order chi connectivity index (χ0) is 26.5. The molecule has 0 amide bonds. The lowest BCUT2D eigenvalue weighted by atomic mass is 10.1. The third-order valence-electron chi connectivity index (χ3n) is 6.63. The fraction of sp³-hybridized carbons (Fsp3) is 0.812. The van der Waals surface area contributed by atoms with Gasteiger partial charge in [-0.25, -0.2) is 0 Å². The van der Waals surface area contributed by atoms with E-state index in [-0.39, 0.29) is 18.5 Å². The summed E-state index contributed by atoms with van der Waals surface area (Å²) in [5.74, 6) is -0.798. The Labute approximate surface area is 223 Å². The summed E-state index contributed by atoms with van der Waals surface area (Å²) < 4.78 is 5.82. The second-order valence-electron chi connectivity index (χ2n) is 10.3. The summed E-state index contributed by atoms with van der Waals surface area (Å²) in [6.45, 7) is 4.47. The Morgan fingerprint density at radius 1 is 0.611 bits per heavy atom. The summed E-state index contributed by atoms with van der Waals surface area (Å²) in [7, 11) is 0. The van der Waals surface area contributed by atoms with Crippen molar-refractivity contribution in [2.24, 2.45) is 0 Å². The molecule has 0 radical (unpaired) electrons. The molecule has 0 spiro atoms. The number of unbranched alkanes of at least 4 members (excludes halogenated alkanes) is 16. The van der Waals surface area contributed by atoms with Crippen LogP contribution >= 0.6 is 0 Å². The third kappa shape index (κ3) is 27.0. The molecule has 1 unspecified atom stereocenters. The van der Waals surface area contributed by atoms with Gasteiger partial charge in [-0.1, -0.05) is 109 Å². The van der Waals surface area contributed by atoms with Gasteiger partial charge in [0.15, 0.2) is 0 Å². The minimum atomic E-state index is -0.723. The fourth-order valence-corrected chi connectivity index (χ4v) is 4.31. The number of carboxylic acid groups (broad SMARTS) is 1. The number of aliphatic carboxylic acids is 1. The summed E-state index contributed by atoms with van der Waals surface area (Å²) in [5.41, 5.74) is 0. The number of ether oxygens (including phenoxy) is 1. The SMILES string of the molecule is CCCC/C=C\CCCCCCCC(=O)OC(/C=C\CCCCCCCC)CCCCCCC(=O)O. The van der Waals surface area contributed by atoms with Crippen LogP contribution in [0.2, 0.25) is 0 Å². The Morgan fingerprint density at radius 3 is 1.75 bits per heavy atom. The molecule has 4 nitrogen and oxygen atoms in total. The minimum Gasteiger partial charge on any atom is -0.481 e. The monoisotopic (exact) mass is 506 g/mol. The average Bonchev–Trinajstić information content (AvgIpc) is 2.85. The number of rotatable bonds is 27. The van der Waals surface area contributed by atoms with Gasteiger partial charge < -0.3 is 9.84 Å². The van der Waals surface area contributed by atoms with Crippen LogP contribution in [-0.4, -0.2) is 23.1 Å². The quantitative estimate of drug-likeness (QED) is 0.0683. The van der Waals surface area contributed by atoms with E-state index in [0.717, 1.165) is 51.4 Å². The van der Waals surface area contributed by atoms with Crippen LogP contribution in [0.5, 0.6) is 0 Å². The third-order valence-corrected chi connectivity index (χ3v) is 6.63. The molecule has 0 heterocycles. The zero-order valence-electron chi connectivity index (χ0n) is 23.8. The molecule has 0 aliphatic rings. The first-order chi connectivity index (χ1) is 17.6. The van der Waals surface area contributed by atoms with Gasteiger partial charge in [0.25, 0.3) is 0 Å². The highest BCUT2D eigenvalue weighted by Crippen LogP contribution is 2.15. The molecule has 36 heavy (non-hydrogen) atoms. The van der Waals surface area contributed by atoms with E-state index < -0.39 is 5.97 Å². The maximum absolute atomic E-state index is 12.4. The normalized spacial score (nSPS) is 12.5. The maximum Gasteiger partial charge on any atom is 0.306 e. The molecule has 0 saturated heterocycles. The Bertz CT molecular complexity index is 552. The lowest BCUT2D eigenvalue weighted by Gasteiger charge is -2.15. The van der Waals surface area contributed by atoms with Crippen LogP contribution in [0.25, 0.3) is 0 Å². The molecule has 0 aliphatic carbocycles. The van der Waals surface area contributed by atoms with Crippen molar-refractivity contribution in [2.75, 3.05) is 0 Å². The topological polar surface area (TPSA) is 63.6 Å². The summed E-state index contributed by atoms with van der Waals surface area (Å²) in [5, 5.41) is 8.77. The fourth-order valence-electron chi connectivity index (χ4n) is 4.31. The van der Waals surface area contributed by atoms with Crippen molar-refractivity contribution in [1.82, 2.24) is 0 Å². The van der Waals surface area contributed by atoms with Crippen molar-refractivity contribution in [3.05, 3.63) is 24.3 Å². The molecule has 4 heteroatoms. The highest BCUT2D eigenvalue weighted by atomic mass is 16.5. The van der Waals surface area contributed by atoms with E-state index in [9.17, 15) is 9.59 Å². The van der Waals surface area contributed by atoms with Gasteiger partial charge >= 0.3 is 11.9 Å². The van der Waals surface area contributed by atoms with Crippen LogP contribution < -0.4 is 0 Å². The van der Waals surface area contributed by atoms with Crippen molar-refractivity contribution in [1.29, 1.82) is 0 Å². The molecule has 0 saturated carbocycles. The average molecular weight is 507 g/mol. The van der Waals surface area contributed by atoms with E-state index in [1.165, 1.54) is 83.5 Å². The smallest absolute Gasteiger partial charge is 0.306 e. The predicted octanol–water partition coefficient (Wildman–Crippen LogP) is 10.1. The van der Waals surface area contributed by atoms with E-state index in [0.29, 0.717) is 6.42 Å². The highest BCUT2D eigenvalue weighted by Gasteiger charge is 2.11. The molecule has 1 atom stereocenters. The molecule has 0 bridgehead atoms. The van der Waals surface area contributed by atoms with Gasteiger partial charge in [0.05, 0.1) is 0 Å². The second kappa shape index (κ2) is 28.0. The van der Waals surface area contributed by atoms with Crippen LogP contribution in [-0.2, 0) is 14.3 Å². The Balaban J connectivity index is 4.12. The Morgan fingerprint density at radius 2 is 1.11 bits per heavy atom. The largest absolute Gasteiger partial charge is 0.481 e. The summed E-state index contributed by atoms with van der Waals surface area (Å²) in [4.78, 5) is 23.1. The summed E-state index contributed by atoms with van der Waals surface area (Å²) >= 11 is 0. The number of hydrogen-bond acceptors (Lipinski definition) is 3. The van der Waals surface area contributed by atoms with E-state index >= 15 is 0 Å². The number of esters is 1. The van der Waals surface area contributed by atoms with Crippen LogP contribution in [0.1, 0.15) is 162 Å². The van der Waals surface area contributed by atoms with Crippen molar-refractivity contribution >= 4 is 11.9 Å². The first-order valence-corrected chi connectivity index (χ1v) is 15.3. The molecule has 0 aromatic rings. The standard InChI is InChI=1S/C32H58O4/c1-3-5-7-9-11-13-14-15-17-19-25-29-32(35)36-30(27-23-20-21-24-28-31(33)34)26-22-18-16-12-10-8-6-4-2/h9,11,22,26,30H,3-8,10,12-21,23-25,27-29H2,1-2H3,(H,33,34)/b11-9-,26-22-. The van der Waals surface area contributed by atoms with Crippen molar-refractivity contribution < 1.29 is 19.4 Å². The van der Waals surface area contributed by atoms with Crippen LogP contribution in [0, 0.1) is 0 Å². The molecule has 0 aromatic heterocycles. The summed E-state index contributed by atoms with van der Waals surface area (Å²) in [6, 6.07) is 0. The minimum absolute atomic E-state index is 0.0750. The molecular formula is C32H58O4.